The summed E-state index contributed by atoms with van der Waals surface area (Å²) in [5.41, 5.74) is 5.33. The van der Waals surface area contributed by atoms with Crippen LogP contribution in [0.4, 0.5) is 17.6 Å². The van der Waals surface area contributed by atoms with Crippen LogP contribution >= 0.6 is 12.4 Å². The summed E-state index contributed by atoms with van der Waals surface area (Å²) in [5.74, 6) is -1.22. The Kier molecular flexibility index (Phi) is 5.44. The fourth-order valence-corrected chi connectivity index (χ4v) is 1.10. The van der Waals surface area contributed by atoms with Gasteiger partial charge in [0.2, 0.25) is 0 Å². The van der Waals surface area contributed by atoms with Crippen LogP contribution in [0.3, 0.4) is 0 Å². The maximum absolute atomic E-state index is 13.2. The Morgan fingerprint density at radius 1 is 1.35 bits per heavy atom. The lowest BCUT2D eigenvalue weighted by Gasteiger charge is -2.12. The van der Waals surface area contributed by atoms with Crippen molar-refractivity contribution >= 4 is 12.4 Å². The number of rotatable bonds is 3. The molecule has 0 radical (unpaired) electrons. The Balaban J connectivity index is 0.00000256. The van der Waals surface area contributed by atoms with Crippen molar-refractivity contribution in [2.24, 2.45) is 5.73 Å². The lowest BCUT2D eigenvalue weighted by atomic mass is 10.1. The molecule has 0 saturated carbocycles. The quantitative estimate of drug-likeness (QED) is 0.676. The predicted octanol–water partition coefficient (Wildman–Crippen LogP) is 3.33. The van der Waals surface area contributed by atoms with E-state index in [2.05, 4.69) is 11.3 Å². The molecular weight excluding hydrogens is 262 g/mol. The van der Waals surface area contributed by atoms with E-state index in [-0.39, 0.29) is 18.0 Å². The molecular formula is C10H10ClF4NO. The van der Waals surface area contributed by atoms with Crippen LogP contribution < -0.4 is 10.5 Å². The Hall–Kier alpha value is -1.27. The summed E-state index contributed by atoms with van der Waals surface area (Å²) in [4.78, 5) is 0. The van der Waals surface area contributed by atoms with Gasteiger partial charge in [0, 0.05) is 5.56 Å². The van der Waals surface area contributed by atoms with Gasteiger partial charge >= 0.3 is 6.36 Å². The SMILES string of the molecule is C=C[C@@H](N)c1cc(OC(F)(F)F)ccc1F.Cl. The molecule has 1 aromatic carbocycles. The molecule has 96 valence electrons. The van der Waals surface area contributed by atoms with Gasteiger partial charge in [-0.05, 0) is 18.2 Å². The number of halogens is 5. The monoisotopic (exact) mass is 271 g/mol. The molecule has 7 heteroatoms. The molecule has 1 rings (SSSR count). The number of hydrogen-bond donors (Lipinski definition) is 1. The highest BCUT2D eigenvalue weighted by Crippen LogP contribution is 2.26. The van der Waals surface area contributed by atoms with Gasteiger partial charge in [0.25, 0.3) is 0 Å². The molecule has 0 amide bonds. The Bertz CT molecular complexity index is 394. The van der Waals surface area contributed by atoms with Gasteiger partial charge in [-0.1, -0.05) is 6.08 Å². The minimum Gasteiger partial charge on any atom is -0.406 e. The Labute approximate surface area is 101 Å². The van der Waals surface area contributed by atoms with Crippen LogP contribution in [0, 0.1) is 5.82 Å². The smallest absolute Gasteiger partial charge is 0.406 e. The first-order valence-corrected chi connectivity index (χ1v) is 4.27. The molecule has 0 bridgehead atoms. The van der Waals surface area contributed by atoms with Crippen molar-refractivity contribution < 1.29 is 22.3 Å². The average molecular weight is 272 g/mol. The van der Waals surface area contributed by atoms with Gasteiger partial charge in [0.1, 0.15) is 11.6 Å². The summed E-state index contributed by atoms with van der Waals surface area (Å²) in [5, 5.41) is 0. The van der Waals surface area contributed by atoms with E-state index in [0.29, 0.717) is 0 Å². The molecule has 0 aliphatic heterocycles. The van der Waals surface area contributed by atoms with Crippen LogP contribution in [0.25, 0.3) is 0 Å². The van der Waals surface area contributed by atoms with Crippen molar-refractivity contribution in [2.75, 3.05) is 0 Å². The molecule has 0 saturated heterocycles. The van der Waals surface area contributed by atoms with E-state index in [1.54, 1.807) is 0 Å². The normalized spacial score (nSPS) is 12.5. The summed E-state index contributed by atoms with van der Waals surface area (Å²) in [7, 11) is 0. The molecule has 0 fully saturated rings. The Morgan fingerprint density at radius 2 is 1.94 bits per heavy atom. The van der Waals surface area contributed by atoms with Gasteiger partial charge in [0.15, 0.2) is 0 Å². The summed E-state index contributed by atoms with van der Waals surface area (Å²) >= 11 is 0. The van der Waals surface area contributed by atoms with Crippen molar-refractivity contribution in [3.8, 4) is 5.75 Å². The molecule has 0 aliphatic rings. The van der Waals surface area contributed by atoms with E-state index in [9.17, 15) is 17.6 Å². The standard InChI is InChI=1S/C10H9F4NO.ClH/c1-2-9(15)7-5-6(3-4-8(7)11)16-10(12,13)14;/h2-5,9H,1,15H2;1H/t9-;/m1./s1. The van der Waals surface area contributed by atoms with Crippen molar-refractivity contribution in [1.29, 1.82) is 0 Å². The topological polar surface area (TPSA) is 35.2 Å². The lowest BCUT2D eigenvalue weighted by Crippen LogP contribution is -2.18. The third-order valence-electron chi connectivity index (χ3n) is 1.81. The van der Waals surface area contributed by atoms with Crippen molar-refractivity contribution in [3.63, 3.8) is 0 Å². The van der Waals surface area contributed by atoms with Crippen molar-refractivity contribution in [1.82, 2.24) is 0 Å². The first kappa shape index (κ1) is 15.7. The summed E-state index contributed by atoms with van der Waals surface area (Å²) in [6.07, 6.45) is -3.59. The maximum atomic E-state index is 13.2. The number of benzene rings is 1. The summed E-state index contributed by atoms with van der Waals surface area (Å²) in [6, 6.07) is 1.76. The second kappa shape index (κ2) is 5.88. The van der Waals surface area contributed by atoms with Crippen LogP contribution in [-0.2, 0) is 0 Å². The fraction of sp³-hybridized carbons (Fsp3) is 0.200. The van der Waals surface area contributed by atoms with Gasteiger partial charge in [0.05, 0.1) is 6.04 Å². The zero-order valence-corrected chi connectivity index (χ0v) is 9.32. The minimum atomic E-state index is -4.81. The van der Waals surface area contributed by atoms with Gasteiger partial charge in [-0.2, -0.15) is 0 Å². The first-order chi connectivity index (χ1) is 7.33. The van der Waals surface area contributed by atoms with E-state index >= 15 is 0 Å². The third kappa shape index (κ3) is 4.62. The number of ether oxygens (including phenoxy) is 1. The molecule has 0 spiro atoms. The largest absolute Gasteiger partial charge is 0.573 e. The van der Waals surface area contributed by atoms with Gasteiger partial charge in [-0.15, -0.1) is 32.2 Å². The second-order valence-corrected chi connectivity index (χ2v) is 2.99. The maximum Gasteiger partial charge on any atom is 0.573 e. The second-order valence-electron chi connectivity index (χ2n) is 2.99. The van der Waals surface area contributed by atoms with Crippen molar-refractivity contribution in [2.45, 2.75) is 12.4 Å². The summed E-state index contributed by atoms with van der Waals surface area (Å²) < 4.78 is 52.5. The molecule has 2 N–H and O–H groups in total. The molecule has 0 aliphatic carbocycles. The lowest BCUT2D eigenvalue weighted by molar-refractivity contribution is -0.274. The molecule has 1 aromatic rings. The van der Waals surface area contributed by atoms with E-state index < -0.39 is 24.0 Å². The zero-order chi connectivity index (χ0) is 12.3. The van der Waals surface area contributed by atoms with Gasteiger partial charge < -0.3 is 10.5 Å². The minimum absolute atomic E-state index is 0. The number of nitrogens with two attached hydrogens (primary N) is 1. The highest BCUT2D eigenvalue weighted by atomic mass is 35.5. The van der Waals surface area contributed by atoms with Crippen LogP contribution in [0.5, 0.6) is 5.75 Å². The molecule has 0 aromatic heterocycles. The predicted molar refractivity (Wildman–Crippen MR) is 57.5 cm³/mol. The van der Waals surface area contributed by atoms with Crippen LogP contribution in [0.15, 0.2) is 30.9 Å². The zero-order valence-electron chi connectivity index (χ0n) is 8.50. The number of hydrogen-bond acceptors (Lipinski definition) is 2. The van der Waals surface area contributed by atoms with E-state index in [4.69, 9.17) is 5.73 Å². The summed E-state index contributed by atoms with van der Waals surface area (Å²) in [6.45, 7) is 3.33. The molecule has 0 heterocycles. The van der Waals surface area contributed by atoms with Crippen LogP contribution in [-0.4, -0.2) is 6.36 Å². The molecule has 2 nitrogen and oxygen atoms in total. The van der Waals surface area contributed by atoms with Crippen LogP contribution in [0.2, 0.25) is 0 Å². The van der Waals surface area contributed by atoms with E-state index in [0.717, 1.165) is 18.2 Å². The molecule has 1 atom stereocenters. The van der Waals surface area contributed by atoms with E-state index in [1.807, 2.05) is 0 Å². The van der Waals surface area contributed by atoms with Crippen molar-refractivity contribution in [3.05, 3.63) is 42.2 Å². The van der Waals surface area contributed by atoms with Gasteiger partial charge in [-0.25, -0.2) is 4.39 Å². The highest BCUT2D eigenvalue weighted by Gasteiger charge is 2.31. The van der Waals surface area contributed by atoms with Gasteiger partial charge in [-0.3, -0.25) is 0 Å². The van der Waals surface area contributed by atoms with Crippen LogP contribution in [0.1, 0.15) is 11.6 Å². The first-order valence-electron chi connectivity index (χ1n) is 4.27. The Morgan fingerprint density at radius 3 is 2.41 bits per heavy atom. The molecule has 17 heavy (non-hydrogen) atoms. The highest BCUT2D eigenvalue weighted by molar-refractivity contribution is 5.85. The third-order valence-corrected chi connectivity index (χ3v) is 1.81. The molecule has 0 unspecified atom stereocenters. The van der Waals surface area contributed by atoms with E-state index in [1.165, 1.54) is 6.08 Å². The fourth-order valence-electron chi connectivity index (χ4n) is 1.10. The number of alkyl halides is 3. The average Bonchev–Trinajstić information content (AvgIpc) is 2.18.